The van der Waals surface area contributed by atoms with E-state index in [-0.39, 0.29) is 12.1 Å². The van der Waals surface area contributed by atoms with Crippen LogP contribution in [0.2, 0.25) is 0 Å². The van der Waals surface area contributed by atoms with Gasteiger partial charge in [0.15, 0.2) is 0 Å². The van der Waals surface area contributed by atoms with E-state index in [1.807, 2.05) is 0 Å². The predicted octanol–water partition coefficient (Wildman–Crippen LogP) is 1.30. The minimum Gasteiger partial charge on any atom is -0.396 e. The van der Waals surface area contributed by atoms with Crippen molar-refractivity contribution in [1.29, 1.82) is 0 Å². The largest absolute Gasteiger partial charge is 0.396 e. The molecule has 2 unspecified atom stereocenters. The van der Waals surface area contributed by atoms with E-state index < -0.39 is 6.10 Å². The highest BCUT2D eigenvalue weighted by Gasteiger charge is 2.21. The maximum absolute atomic E-state index is 9.73. The Balaban J connectivity index is 3.69. The lowest BCUT2D eigenvalue weighted by atomic mass is 9.95. The zero-order valence-corrected chi connectivity index (χ0v) is 11.5. The number of unbranched alkanes of at least 4 members (excludes halogenated alkanes) is 1. The average molecular weight is 247 g/mol. The summed E-state index contributed by atoms with van der Waals surface area (Å²) in [6, 6.07) is 0. The predicted molar refractivity (Wildman–Crippen MR) is 70.1 cm³/mol. The number of hydrogen-bond acceptors (Lipinski definition) is 4. The third-order valence-corrected chi connectivity index (χ3v) is 3.16. The molecule has 0 aliphatic heterocycles. The van der Waals surface area contributed by atoms with E-state index in [1.165, 1.54) is 0 Å². The van der Waals surface area contributed by atoms with Crippen LogP contribution in [0.15, 0.2) is 0 Å². The van der Waals surface area contributed by atoms with Crippen molar-refractivity contribution in [3.8, 4) is 0 Å². The Morgan fingerprint density at radius 2 is 2.06 bits per heavy atom. The van der Waals surface area contributed by atoms with E-state index in [9.17, 15) is 5.11 Å². The molecule has 2 atom stereocenters. The highest BCUT2D eigenvalue weighted by molar-refractivity contribution is 4.82. The Morgan fingerprint density at radius 3 is 2.59 bits per heavy atom. The molecule has 0 radical (unpaired) electrons. The molecule has 0 rings (SSSR count). The smallest absolute Gasteiger partial charge is 0.0897 e. The number of nitrogens with one attached hydrogen (secondary N) is 1. The second kappa shape index (κ2) is 9.83. The molecule has 0 saturated heterocycles. The first-order chi connectivity index (χ1) is 8.08. The van der Waals surface area contributed by atoms with E-state index in [4.69, 9.17) is 9.84 Å². The zero-order chi connectivity index (χ0) is 13.1. The molecular weight excluding hydrogens is 218 g/mol. The molecule has 0 aromatic carbocycles. The summed E-state index contributed by atoms with van der Waals surface area (Å²) in [6.45, 7) is 8.03. The van der Waals surface area contributed by atoms with Crippen molar-refractivity contribution in [2.75, 3.05) is 26.4 Å². The fourth-order valence-electron chi connectivity index (χ4n) is 1.53. The summed E-state index contributed by atoms with van der Waals surface area (Å²) in [5.41, 5.74) is -0.0981. The summed E-state index contributed by atoms with van der Waals surface area (Å²) in [6.07, 6.45) is 3.30. The van der Waals surface area contributed by atoms with Crippen molar-refractivity contribution in [2.45, 2.75) is 58.1 Å². The van der Waals surface area contributed by atoms with Gasteiger partial charge in [-0.3, -0.25) is 0 Å². The molecule has 0 aliphatic rings. The minimum atomic E-state index is -0.476. The molecule has 0 aromatic rings. The van der Waals surface area contributed by atoms with Gasteiger partial charge in [0.2, 0.25) is 0 Å². The van der Waals surface area contributed by atoms with E-state index >= 15 is 0 Å². The summed E-state index contributed by atoms with van der Waals surface area (Å²) in [4.78, 5) is 0. The lowest BCUT2D eigenvalue weighted by molar-refractivity contribution is 0.0308. The lowest BCUT2D eigenvalue weighted by Gasteiger charge is -2.30. The van der Waals surface area contributed by atoms with Gasteiger partial charge in [-0.2, -0.15) is 0 Å². The molecule has 0 aliphatic carbocycles. The van der Waals surface area contributed by atoms with Gasteiger partial charge in [-0.05, 0) is 26.2 Å². The SMILES string of the molecule is CCCCOCC(O)CNC(C)(CC)CCO. The van der Waals surface area contributed by atoms with Crippen LogP contribution in [-0.4, -0.2) is 48.2 Å². The standard InChI is InChI=1S/C13H29NO3/c1-4-6-9-17-11-12(16)10-14-13(3,5-2)7-8-15/h12,14-16H,4-11H2,1-3H3. The highest BCUT2D eigenvalue weighted by atomic mass is 16.5. The molecule has 4 nitrogen and oxygen atoms in total. The van der Waals surface area contributed by atoms with Gasteiger partial charge in [0.25, 0.3) is 0 Å². The van der Waals surface area contributed by atoms with E-state index in [2.05, 4.69) is 26.1 Å². The van der Waals surface area contributed by atoms with Crippen LogP contribution in [0, 0.1) is 0 Å². The summed E-state index contributed by atoms with van der Waals surface area (Å²) in [5, 5.41) is 22.0. The van der Waals surface area contributed by atoms with Gasteiger partial charge in [0.1, 0.15) is 0 Å². The van der Waals surface area contributed by atoms with Gasteiger partial charge in [-0.25, -0.2) is 0 Å². The van der Waals surface area contributed by atoms with Crippen LogP contribution in [0.3, 0.4) is 0 Å². The Bertz CT molecular complexity index is 178. The fourth-order valence-corrected chi connectivity index (χ4v) is 1.53. The van der Waals surface area contributed by atoms with Gasteiger partial charge in [0, 0.05) is 25.3 Å². The van der Waals surface area contributed by atoms with Crippen LogP contribution in [0.5, 0.6) is 0 Å². The minimum absolute atomic E-state index is 0.0981. The Labute approximate surface area is 105 Å². The topological polar surface area (TPSA) is 61.7 Å². The van der Waals surface area contributed by atoms with Crippen LogP contribution in [0.1, 0.15) is 46.5 Å². The molecule has 3 N–H and O–H groups in total. The molecule has 104 valence electrons. The van der Waals surface area contributed by atoms with Crippen LogP contribution in [0.25, 0.3) is 0 Å². The van der Waals surface area contributed by atoms with Gasteiger partial charge >= 0.3 is 0 Å². The summed E-state index contributed by atoms with van der Waals surface area (Å²) in [7, 11) is 0. The van der Waals surface area contributed by atoms with Crippen molar-refractivity contribution in [2.24, 2.45) is 0 Å². The summed E-state index contributed by atoms with van der Waals surface area (Å²) in [5.74, 6) is 0. The highest BCUT2D eigenvalue weighted by Crippen LogP contribution is 2.13. The molecule has 0 bridgehead atoms. The number of aliphatic hydroxyl groups is 2. The van der Waals surface area contributed by atoms with E-state index in [0.717, 1.165) is 25.9 Å². The molecule has 0 amide bonds. The number of rotatable bonds is 11. The molecule has 0 saturated carbocycles. The van der Waals surface area contributed by atoms with Gasteiger partial charge < -0.3 is 20.3 Å². The maximum Gasteiger partial charge on any atom is 0.0897 e. The van der Waals surface area contributed by atoms with Crippen LogP contribution < -0.4 is 5.32 Å². The van der Waals surface area contributed by atoms with Gasteiger partial charge in [0.05, 0.1) is 12.7 Å². The number of β-amino-alcohol motifs (C(OH)–C–C–N with tert-alkyl or cyclic N) is 1. The quantitative estimate of drug-likeness (QED) is 0.482. The molecule has 0 heterocycles. The first kappa shape index (κ1) is 16.8. The van der Waals surface area contributed by atoms with Crippen molar-refractivity contribution in [3.63, 3.8) is 0 Å². The maximum atomic E-state index is 9.73. The monoisotopic (exact) mass is 247 g/mol. The first-order valence-electron chi connectivity index (χ1n) is 6.69. The summed E-state index contributed by atoms with van der Waals surface area (Å²) < 4.78 is 5.36. The van der Waals surface area contributed by atoms with Crippen molar-refractivity contribution >= 4 is 0 Å². The number of ether oxygens (including phenoxy) is 1. The van der Waals surface area contributed by atoms with E-state index in [0.29, 0.717) is 19.6 Å². The summed E-state index contributed by atoms with van der Waals surface area (Å²) >= 11 is 0. The molecule has 0 aromatic heterocycles. The third kappa shape index (κ3) is 8.55. The first-order valence-corrected chi connectivity index (χ1v) is 6.69. The molecule has 0 spiro atoms. The third-order valence-electron chi connectivity index (χ3n) is 3.16. The van der Waals surface area contributed by atoms with Gasteiger partial charge in [-0.1, -0.05) is 20.3 Å². The van der Waals surface area contributed by atoms with E-state index in [1.54, 1.807) is 0 Å². The lowest BCUT2D eigenvalue weighted by Crippen LogP contribution is -2.46. The normalized spacial score (nSPS) is 16.8. The Kier molecular flexibility index (Phi) is 9.74. The zero-order valence-electron chi connectivity index (χ0n) is 11.5. The van der Waals surface area contributed by atoms with Crippen LogP contribution >= 0.6 is 0 Å². The number of aliphatic hydroxyl groups excluding tert-OH is 2. The van der Waals surface area contributed by atoms with Gasteiger partial charge in [-0.15, -0.1) is 0 Å². The molecule has 0 fully saturated rings. The Morgan fingerprint density at radius 1 is 1.35 bits per heavy atom. The van der Waals surface area contributed by atoms with Crippen molar-refractivity contribution < 1.29 is 14.9 Å². The van der Waals surface area contributed by atoms with Crippen molar-refractivity contribution in [3.05, 3.63) is 0 Å². The Hall–Kier alpha value is -0.160. The fraction of sp³-hybridized carbons (Fsp3) is 1.00. The van der Waals surface area contributed by atoms with Crippen LogP contribution in [0.4, 0.5) is 0 Å². The second-order valence-corrected chi connectivity index (χ2v) is 4.85. The molecule has 17 heavy (non-hydrogen) atoms. The average Bonchev–Trinajstić information content (AvgIpc) is 2.32. The second-order valence-electron chi connectivity index (χ2n) is 4.85. The van der Waals surface area contributed by atoms with Crippen LogP contribution in [-0.2, 0) is 4.74 Å². The molecule has 4 heteroatoms. The molecular formula is C13H29NO3. The van der Waals surface area contributed by atoms with Crippen molar-refractivity contribution in [1.82, 2.24) is 5.32 Å². The number of hydrogen-bond donors (Lipinski definition) is 3.